The molecule has 0 aromatic carbocycles. The summed E-state index contributed by atoms with van der Waals surface area (Å²) in [5.74, 6) is 0. The highest BCUT2D eigenvalue weighted by Crippen LogP contribution is 2.19. The van der Waals surface area contributed by atoms with Crippen LogP contribution in [0.25, 0.3) is 0 Å². The van der Waals surface area contributed by atoms with Gasteiger partial charge in [-0.3, -0.25) is 0 Å². The lowest BCUT2D eigenvalue weighted by molar-refractivity contribution is 0.556. The van der Waals surface area contributed by atoms with Gasteiger partial charge < -0.3 is 0 Å². The third-order valence-electron chi connectivity index (χ3n) is 1.87. The molecule has 14 heavy (non-hydrogen) atoms. The molecule has 0 aromatic heterocycles. The van der Waals surface area contributed by atoms with Crippen LogP contribution in [0.3, 0.4) is 0 Å². The molecule has 0 aliphatic heterocycles. The van der Waals surface area contributed by atoms with Gasteiger partial charge in [-0.15, -0.1) is 0 Å². The van der Waals surface area contributed by atoms with Crippen LogP contribution in [-0.2, 0) is 9.59 Å². The van der Waals surface area contributed by atoms with Crippen molar-refractivity contribution >= 4 is 12.2 Å². The molecule has 1 saturated carbocycles. The van der Waals surface area contributed by atoms with Crippen molar-refractivity contribution in [1.82, 2.24) is 0 Å². The van der Waals surface area contributed by atoms with E-state index in [1.54, 1.807) is 6.08 Å². The zero-order valence-electron chi connectivity index (χ0n) is 8.69. The molecule has 0 heterocycles. The van der Waals surface area contributed by atoms with Crippen LogP contribution in [0.5, 0.6) is 0 Å². The number of carbonyl (C=O) groups excluding carboxylic acids is 2. The summed E-state index contributed by atoms with van der Waals surface area (Å²) >= 11 is 0. The first-order chi connectivity index (χ1) is 6.70. The number of hydrogen-bond acceptors (Lipinski definition) is 4. The summed E-state index contributed by atoms with van der Waals surface area (Å²) in [6, 6.07) is 0.412. The number of hydrogen-bond donors (Lipinski definition) is 0. The molecule has 0 spiro atoms. The monoisotopic (exact) mass is 196 g/mol. The molecule has 1 aliphatic carbocycles. The van der Waals surface area contributed by atoms with Gasteiger partial charge in [0.25, 0.3) is 0 Å². The van der Waals surface area contributed by atoms with Gasteiger partial charge in [0, 0.05) is 0 Å². The van der Waals surface area contributed by atoms with E-state index in [1.165, 1.54) is 18.9 Å². The van der Waals surface area contributed by atoms with Crippen LogP contribution in [0.4, 0.5) is 0 Å². The minimum Gasteiger partial charge on any atom is -0.211 e. The van der Waals surface area contributed by atoms with Gasteiger partial charge in [-0.05, 0) is 26.7 Å². The summed E-state index contributed by atoms with van der Waals surface area (Å²) in [5.41, 5.74) is 0. The molecule has 0 radical (unpaired) electrons. The molecular formula is C10H16N2O2. The van der Waals surface area contributed by atoms with E-state index in [0.29, 0.717) is 6.04 Å². The SMILES string of the molecule is CC(C)N=C=O.O=C=NC1CCCC1. The van der Waals surface area contributed by atoms with Crippen molar-refractivity contribution in [3.05, 3.63) is 0 Å². The summed E-state index contributed by atoms with van der Waals surface area (Å²) in [6.07, 6.45) is 7.68. The molecular weight excluding hydrogens is 180 g/mol. The molecule has 0 saturated heterocycles. The van der Waals surface area contributed by atoms with E-state index in [-0.39, 0.29) is 6.04 Å². The summed E-state index contributed by atoms with van der Waals surface area (Å²) in [5, 5.41) is 0. The Hall–Kier alpha value is -1.24. The van der Waals surface area contributed by atoms with Crippen molar-refractivity contribution in [3.8, 4) is 0 Å². The Morgan fingerprint density at radius 2 is 1.71 bits per heavy atom. The molecule has 0 amide bonds. The van der Waals surface area contributed by atoms with Gasteiger partial charge in [-0.2, -0.15) is 0 Å². The van der Waals surface area contributed by atoms with Crippen molar-refractivity contribution in [3.63, 3.8) is 0 Å². The van der Waals surface area contributed by atoms with Crippen LogP contribution >= 0.6 is 0 Å². The average Bonchev–Trinajstić information content (AvgIpc) is 2.58. The highest BCUT2D eigenvalue weighted by atomic mass is 16.1. The third kappa shape index (κ3) is 7.41. The normalized spacial score (nSPS) is 15.1. The lowest BCUT2D eigenvalue weighted by Gasteiger charge is -1.92. The zero-order chi connectivity index (χ0) is 10.8. The molecule has 0 aromatic rings. The van der Waals surface area contributed by atoms with Crippen LogP contribution in [0, 0.1) is 0 Å². The first-order valence-corrected chi connectivity index (χ1v) is 4.84. The quantitative estimate of drug-likeness (QED) is 0.501. The van der Waals surface area contributed by atoms with Crippen LogP contribution in [0.1, 0.15) is 39.5 Å². The smallest absolute Gasteiger partial charge is 0.211 e. The van der Waals surface area contributed by atoms with Crippen LogP contribution < -0.4 is 0 Å². The van der Waals surface area contributed by atoms with Crippen molar-refractivity contribution in [1.29, 1.82) is 0 Å². The fourth-order valence-electron chi connectivity index (χ4n) is 1.21. The molecule has 0 atom stereocenters. The van der Waals surface area contributed by atoms with Crippen LogP contribution in [0.2, 0.25) is 0 Å². The Morgan fingerprint density at radius 3 is 2.00 bits per heavy atom. The summed E-state index contributed by atoms with van der Waals surface area (Å²) < 4.78 is 0. The topological polar surface area (TPSA) is 58.9 Å². The number of isocyanates is 2. The van der Waals surface area contributed by atoms with Crippen molar-refractivity contribution in [2.45, 2.75) is 51.6 Å². The molecule has 0 unspecified atom stereocenters. The largest absolute Gasteiger partial charge is 0.235 e. The third-order valence-corrected chi connectivity index (χ3v) is 1.87. The van der Waals surface area contributed by atoms with Crippen LogP contribution in [0.15, 0.2) is 9.98 Å². The van der Waals surface area contributed by atoms with E-state index in [0.717, 1.165) is 12.8 Å². The maximum absolute atomic E-state index is 9.67. The summed E-state index contributed by atoms with van der Waals surface area (Å²) in [7, 11) is 0. The fourth-order valence-corrected chi connectivity index (χ4v) is 1.21. The zero-order valence-corrected chi connectivity index (χ0v) is 8.69. The van der Waals surface area contributed by atoms with Crippen molar-refractivity contribution in [2.75, 3.05) is 0 Å². The van der Waals surface area contributed by atoms with Gasteiger partial charge in [0.05, 0.1) is 12.1 Å². The maximum Gasteiger partial charge on any atom is 0.235 e. The minimum absolute atomic E-state index is 0.0995. The van der Waals surface area contributed by atoms with E-state index in [9.17, 15) is 9.59 Å². The Morgan fingerprint density at radius 1 is 1.14 bits per heavy atom. The van der Waals surface area contributed by atoms with Gasteiger partial charge >= 0.3 is 0 Å². The Labute approximate surface area is 84.1 Å². The highest BCUT2D eigenvalue weighted by Gasteiger charge is 2.12. The van der Waals surface area contributed by atoms with Gasteiger partial charge in [0.2, 0.25) is 12.2 Å². The van der Waals surface area contributed by atoms with E-state index in [1.807, 2.05) is 13.8 Å². The highest BCUT2D eigenvalue weighted by molar-refractivity contribution is 5.33. The predicted molar refractivity (Wildman–Crippen MR) is 53.6 cm³/mol. The minimum atomic E-state index is 0.0995. The molecule has 78 valence electrons. The number of aliphatic imine (C=N–C) groups is 2. The van der Waals surface area contributed by atoms with E-state index in [4.69, 9.17) is 0 Å². The van der Waals surface area contributed by atoms with Crippen LogP contribution in [-0.4, -0.2) is 24.2 Å². The Balaban J connectivity index is 0.000000255. The van der Waals surface area contributed by atoms with Gasteiger partial charge in [0.15, 0.2) is 0 Å². The van der Waals surface area contributed by atoms with Gasteiger partial charge in [0.1, 0.15) is 0 Å². The van der Waals surface area contributed by atoms with E-state index >= 15 is 0 Å². The lowest BCUT2D eigenvalue weighted by Crippen LogP contribution is -1.92. The van der Waals surface area contributed by atoms with Crippen molar-refractivity contribution < 1.29 is 9.59 Å². The molecule has 0 N–H and O–H groups in total. The predicted octanol–water partition coefficient (Wildman–Crippen LogP) is 2.00. The second-order valence-corrected chi connectivity index (χ2v) is 3.47. The Bertz CT molecular complexity index is 233. The molecule has 1 rings (SSSR count). The first kappa shape index (κ1) is 12.8. The van der Waals surface area contributed by atoms with E-state index < -0.39 is 0 Å². The molecule has 1 fully saturated rings. The fraction of sp³-hybridized carbons (Fsp3) is 0.800. The molecule has 4 heteroatoms. The first-order valence-electron chi connectivity index (χ1n) is 4.84. The average molecular weight is 196 g/mol. The molecule has 4 nitrogen and oxygen atoms in total. The van der Waals surface area contributed by atoms with Gasteiger partial charge in [-0.1, -0.05) is 12.8 Å². The van der Waals surface area contributed by atoms with Crippen molar-refractivity contribution in [2.24, 2.45) is 9.98 Å². The summed E-state index contributed by atoms with van der Waals surface area (Å²) in [4.78, 5) is 25.9. The molecule has 1 aliphatic rings. The second kappa shape index (κ2) is 8.36. The standard InChI is InChI=1S/C6H9NO.C4H7NO/c8-5-7-6-3-1-2-4-6;1-4(2)5-3-6/h6H,1-4H2;4H,1-2H3. The number of nitrogens with zero attached hydrogens (tertiary/aromatic N) is 2. The van der Waals surface area contributed by atoms with E-state index in [2.05, 4.69) is 9.98 Å². The lowest BCUT2D eigenvalue weighted by atomic mass is 10.3. The second-order valence-electron chi connectivity index (χ2n) is 3.47. The number of rotatable bonds is 2. The maximum atomic E-state index is 9.67. The van der Waals surface area contributed by atoms with Gasteiger partial charge in [-0.25, -0.2) is 19.6 Å². The summed E-state index contributed by atoms with van der Waals surface area (Å²) in [6.45, 7) is 3.65. The Kier molecular flexibility index (Phi) is 7.62. The molecule has 0 bridgehead atoms.